The number of phenolic OH excluding ortho intramolecular Hbond substituents is 1. The molecule has 0 saturated heterocycles. The van der Waals surface area contributed by atoms with Crippen molar-refractivity contribution in [3.8, 4) is 11.8 Å². The molecule has 23 heavy (non-hydrogen) atoms. The summed E-state index contributed by atoms with van der Waals surface area (Å²) >= 11 is 1.74. The average molecular weight is 431 g/mol. The van der Waals surface area contributed by atoms with E-state index in [1.807, 2.05) is 0 Å². The normalized spacial score (nSPS) is 10.9. The van der Waals surface area contributed by atoms with Gasteiger partial charge in [-0.05, 0) is 46.7 Å². The third-order valence-corrected chi connectivity index (χ3v) is 3.57. The highest BCUT2D eigenvalue weighted by Crippen LogP contribution is 2.32. The first kappa shape index (κ1) is 18.9. The van der Waals surface area contributed by atoms with Crippen LogP contribution in [0, 0.1) is 25.0 Å². The van der Waals surface area contributed by atoms with Gasteiger partial charge >= 0.3 is 5.69 Å². The second-order valence-corrected chi connectivity index (χ2v) is 5.56. The monoisotopic (exact) mass is 431 g/mol. The van der Waals surface area contributed by atoms with Gasteiger partial charge in [0.1, 0.15) is 11.6 Å². The van der Waals surface area contributed by atoms with Gasteiger partial charge in [0, 0.05) is 26.3 Å². The summed E-state index contributed by atoms with van der Waals surface area (Å²) in [5.41, 5.74) is -0.387. The molecule has 0 unspecified atom stereocenters. The molecule has 1 rings (SSSR count). The first-order valence-electron chi connectivity index (χ1n) is 6.46. The number of methoxy groups -OCH3 is 1. The lowest BCUT2D eigenvalue weighted by molar-refractivity contribution is -0.386. The van der Waals surface area contributed by atoms with Gasteiger partial charge in [0.25, 0.3) is 5.91 Å². The highest BCUT2D eigenvalue weighted by molar-refractivity contribution is 14.1. The second kappa shape index (κ2) is 9.06. The van der Waals surface area contributed by atoms with Crippen molar-refractivity contribution >= 4 is 40.3 Å². The lowest BCUT2D eigenvalue weighted by Crippen LogP contribution is -2.26. The van der Waals surface area contributed by atoms with Crippen LogP contribution in [0.1, 0.15) is 12.0 Å². The summed E-state index contributed by atoms with van der Waals surface area (Å²) in [7, 11) is 1.54. The number of amides is 1. The van der Waals surface area contributed by atoms with Crippen LogP contribution < -0.4 is 5.32 Å². The molecule has 0 aliphatic heterocycles. The Morgan fingerprint density at radius 2 is 2.30 bits per heavy atom. The first-order valence-corrected chi connectivity index (χ1v) is 7.54. The maximum absolute atomic E-state index is 11.9. The molecule has 0 saturated carbocycles. The van der Waals surface area contributed by atoms with E-state index in [1.165, 1.54) is 12.1 Å². The molecule has 8 nitrogen and oxygen atoms in total. The SMILES string of the molecule is COCCCNC(=O)/C(C#N)=C/c1cc(I)c(O)c([N+](=O)[O-])c1. The lowest BCUT2D eigenvalue weighted by atomic mass is 10.1. The summed E-state index contributed by atoms with van der Waals surface area (Å²) in [5.74, 6) is -1.02. The Balaban J connectivity index is 3.00. The predicted molar refractivity (Wildman–Crippen MR) is 90.6 cm³/mol. The number of nitro benzene ring substituents is 1. The molecule has 0 spiro atoms. The molecule has 0 atom stereocenters. The van der Waals surface area contributed by atoms with Crippen molar-refractivity contribution in [3.05, 3.63) is 37.0 Å². The number of aromatic hydroxyl groups is 1. The zero-order chi connectivity index (χ0) is 17.4. The third-order valence-electron chi connectivity index (χ3n) is 2.75. The molecule has 122 valence electrons. The van der Waals surface area contributed by atoms with Crippen molar-refractivity contribution in [2.45, 2.75) is 6.42 Å². The Morgan fingerprint density at radius 3 is 2.87 bits per heavy atom. The van der Waals surface area contributed by atoms with Gasteiger partial charge in [0.05, 0.1) is 8.49 Å². The number of nitro groups is 1. The van der Waals surface area contributed by atoms with Crippen LogP contribution in [0.25, 0.3) is 6.08 Å². The summed E-state index contributed by atoms with van der Waals surface area (Å²) in [6.45, 7) is 0.827. The highest BCUT2D eigenvalue weighted by Gasteiger charge is 2.18. The van der Waals surface area contributed by atoms with Crippen molar-refractivity contribution in [1.29, 1.82) is 5.26 Å². The molecule has 1 aromatic rings. The number of nitrogens with one attached hydrogen (secondary N) is 1. The minimum atomic E-state index is -0.730. The number of hydrogen-bond acceptors (Lipinski definition) is 6. The van der Waals surface area contributed by atoms with E-state index in [9.17, 15) is 20.0 Å². The molecular weight excluding hydrogens is 417 g/mol. The number of benzene rings is 1. The van der Waals surface area contributed by atoms with Crippen molar-refractivity contribution in [1.82, 2.24) is 5.32 Å². The molecule has 0 fully saturated rings. The zero-order valence-corrected chi connectivity index (χ0v) is 14.4. The number of rotatable bonds is 7. The number of nitriles is 1. The van der Waals surface area contributed by atoms with Crippen LogP contribution in [-0.4, -0.2) is 36.2 Å². The zero-order valence-electron chi connectivity index (χ0n) is 12.2. The number of halogens is 1. The average Bonchev–Trinajstić information content (AvgIpc) is 2.51. The van der Waals surface area contributed by atoms with Crippen LogP contribution in [-0.2, 0) is 9.53 Å². The molecule has 9 heteroatoms. The maximum atomic E-state index is 11.9. The summed E-state index contributed by atoms with van der Waals surface area (Å²) in [5, 5.41) is 32.1. The van der Waals surface area contributed by atoms with E-state index in [2.05, 4.69) is 5.32 Å². The van der Waals surface area contributed by atoms with Crippen LogP contribution in [0.5, 0.6) is 5.75 Å². The fourth-order valence-electron chi connectivity index (χ4n) is 1.66. The van der Waals surface area contributed by atoms with Crippen molar-refractivity contribution in [3.63, 3.8) is 0 Å². The quantitative estimate of drug-likeness (QED) is 0.170. The van der Waals surface area contributed by atoms with Gasteiger partial charge in [-0.3, -0.25) is 14.9 Å². The standard InChI is InChI=1S/C14H14IN3O5/c1-23-4-2-3-17-14(20)10(8-16)5-9-6-11(15)13(19)12(7-9)18(21)22/h5-7,19H,2-4H2,1H3,(H,17,20)/b10-5+. The Labute approximate surface area is 146 Å². The number of hydrogen-bond donors (Lipinski definition) is 2. The van der Waals surface area contributed by atoms with E-state index in [-0.39, 0.29) is 14.7 Å². The van der Waals surface area contributed by atoms with Gasteiger partial charge in [-0.1, -0.05) is 0 Å². The van der Waals surface area contributed by atoms with Crippen LogP contribution >= 0.6 is 22.6 Å². The molecule has 1 aromatic carbocycles. The van der Waals surface area contributed by atoms with E-state index in [4.69, 9.17) is 10.00 Å². The van der Waals surface area contributed by atoms with Crippen LogP contribution in [0.4, 0.5) is 5.69 Å². The number of phenols is 1. The molecule has 1 amide bonds. The summed E-state index contributed by atoms with van der Waals surface area (Å²) in [6.07, 6.45) is 1.84. The Kier molecular flexibility index (Phi) is 7.43. The van der Waals surface area contributed by atoms with Gasteiger partial charge < -0.3 is 15.2 Å². The van der Waals surface area contributed by atoms with Gasteiger partial charge in [-0.2, -0.15) is 5.26 Å². The molecule has 2 N–H and O–H groups in total. The maximum Gasteiger partial charge on any atom is 0.312 e. The molecule has 0 bridgehead atoms. The third kappa shape index (κ3) is 5.50. The van der Waals surface area contributed by atoms with Crippen LogP contribution in [0.15, 0.2) is 17.7 Å². The van der Waals surface area contributed by atoms with Crippen molar-refractivity contribution < 1.29 is 19.6 Å². The lowest BCUT2D eigenvalue weighted by Gasteiger charge is -2.05. The topological polar surface area (TPSA) is 125 Å². The molecule has 0 aliphatic rings. The minimum absolute atomic E-state index is 0.182. The number of carbonyl (C=O) groups excluding carboxylic acids is 1. The van der Waals surface area contributed by atoms with Crippen LogP contribution in [0.3, 0.4) is 0 Å². The minimum Gasteiger partial charge on any atom is -0.501 e. The van der Waals surface area contributed by atoms with E-state index < -0.39 is 22.3 Å². The number of carbonyl (C=O) groups is 1. The van der Waals surface area contributed by atoms with E-state index in [0.717, 1.165) is 6.07 Å². The largest absolute Gasteiger partial charge is 0.501 e. The molecule has 0 aromatic heterocycles. The van der Waals surface area contributed by atoms with E-state index in [0.29, 0.717) is 19.6 Å². The molecule has 0 radical (unpaired) electrons. The van der Waals surface area contributed by atoms with Gasteiger partial charge in [-0.15, -0.1) is 0 Å². The van der Waals surface area contributed by atoms with Crippen LogP contribution in [0.2, 0.25) is 0 Å². The van der Waals surface area contributed by atoms with Gasteiger partial charge in [0.15, 0.2) is 0 Å². The fourth-order valence-corrected chi connectivity index (χ4v) is 2.29. The number of nitrogens with zero attached hydrogens (tertiary/aromatic N) is 2. The van der Waals surface area contributed by atoms with Gasteiger partial charge in [-0.25, -0.2) is 0 Å². The molecule has 0 heterocycles. The van der Waals surface area contributed by atoms with E-state index in [1.54, 1.807) is 35.8 Å². The van der Waals surface area contributed by atoms with E-state index >= 15 is 0 Å². The molecule has 0 aliphatic carbocycles. The Hall–Kier alpha value is -2.19. The summed E-state index contributed by atoms with van der Waals surface area (Å²) in [6, 6.07) is 4.30. The molecular formula is C14H14IN3O5. The Morgan fingerprint density at radius 1 is 1.61 bits per heavy atom. The summed E-state index contributed by atoms with van der Waals surface area (Å²) in [4.78, 5) is 22.0. The highest BCUT2D eigenvalue weighted by atomic mass is 127. The van der Waals surface area contributed by atoms with Crippen molar-refractivity contribution in [2.24, 2.45) is 0 Å². The Bertz CT molecular complexity index is 682. The summed E-state index contributed by atoms with van der Waals surface area (Å²) < 4.78 is 5.10. The van der Waals surface area contributed by atoms with Gasteiger partial charge in [0.2, 0.25) is 5.75 Å². The number of ether oxygens (including phenoxy) is 1. The smallest absolute Gasteiger partial charge is 0.312 e. The van der Waals surface area contributed by atoms with Crippen molar-refractivity contribution in [2.75, 3.05) is 20.3 Å². The predicted octanol–water partition coefficient (Wildman–Crippen LogP) is 1.96. The first-order chi connectivity index (χ1) is 10.9. The fraction of sp³-hybridized carbons (Fsp3) is 0.286. The second-order valence-electron chi connectivity index (χ2n) is 4.40.